The summed E-state index contributed by atoms with van der Waals surface area (Å²) in [6.45, 7) is 5.33. The number of rotatable bonds is 9. The van der Waals surface area contributed by atoms with E-state index in [9.17, 15) is 14.4 Å². The number of hydrogen-bond donors (Lipinski definition) is 2. The van der Waals surface area contributed by atoms with Crippen LogP contribution in [0.25, 0.3) is 0 Å². The average Bonchev–Trinajstić information content (AvgIpc) is 2.79. The molecule has 2 amide bonds. The zero-order chi connectivity index (χ0) is 22.9. The van der Waals surface area contributed by atoms with Crippen LogP contribution in [0.15, 0.2) is 48.5 Å². The summed E-state index contributed by atoms with van der Waals surface area (Å²) >= 11 is 0. The first-order valence-corrected chi connectivity index (χ1v) is 10.7. The van der Waals surface area contributed by atoms with E-state index in [2.05, 4.69) is 15.5 Å². The summed E-state index contributed by atoms with van der Waals surface area (Å²) in [5.74, 6) is -0.297. The van der Waals surface area contributed by atoms with Gasteiger partial charge in [0.25, 0.3) is 0 Å². The Hall–Kier alpha value is -3.23. The predicted octanol–water partition coefficient (Wildman–Crippen LogP) is 2.62. The van der Waals surface area contributed by atoms with Gasteiger partial charge in [-0.3, -0.25) is 19.3 Å². The van der Waals surface area contributed by atoms with Crippen molar-refractivity contribution >= 4 is 34.7 Å². The number of carbonyl (C=O) groups excluding carboxylic acids is 3. The number of anilines is 3. The van der Waals surface area contributed by atoms with Crippen LogP contribution in [-0.4, -0.2) is 68.9 Å². The minimum atomic E-state index is -0.147. The molecule has 8 heteroatoms. The molecule has 1 fully saturated rings. The van der Waals surface area contributed by atoms with Crippen LogP contribution in [0.5, 0.6) is 0 Å². The summed E-state index contributed by atoms with van der Waals surface area (Å²) in [5, 5.41) is 5.69. The average molecular weight is 439 g/mol. The van der Waals surface area contributed by atoms with Gasteiger partial charge in [-0.05, 0) is 62.5 Å². The lowest BCUT2D eigenvalue weighted by Gasteiger charge is -2.28. The van der Waals surface area contributed by atoms with Crippen molar-refractivity contribution < 1.29 is 19.1 Å². The highest BCUT2D eigenvalue weighted by atomic mass is 16.5. The lowest BCUT2D eigenvalue weighted by atomic mass is 10.1. The van der Waals surface area contributed by atoms with Gasteiger partial charge in [0.1, 0.15) is 0 Å². The molecule has 1 heterocycles. The Kier molecular flexibility index (Phi) is 8.35. The molecule has 2 aromatic carbocycles. The highest BCUT2D eigenvalue weighted by Gasteiger charge is 2.12. The van der Waals surface area contributed by atoms with Crippen LogP contribution in [0.1, 0.15) is 23.7 Å². The van der Waals surface area contributed by atoms with Gasteiger partial charge >= 0.3 is 0 Å². The SMILES string of the molecule is CC(=O)c1ccc(NC(=O)CCN(C)CC(=O)Nc2ccc(N3CCOCC3)cc2)cc1. The summed E-state index contributed by atoms with van der Waals surface area (Å²) in [5.41, 5.74) is 3.10. The van der Waals surface area contributed by atoms with Crippen LogP contribution in [0.4, 0.5) is 17.1 Å². The number of ether oxygens (including phenoxy) is 1. The Bertz CT molecular complexity index is 922. The van der Waals surface area contributed by atoms with E-state index in [-0.39, 0.29) is 30.6 Å². The van der Waals surface area contributed by atoms with E-state index in [4.69, 9.17) is 4.74 Å². The normalized spacial score (nSPS) is 13.7. The molecular weight excluding hydrogens is 408 g/mol. The van der Waals surface area contributed by atoms with Crippen LogP contribution in [0, 0.1) is 0 Å². The van der Waals surface area contributed by atoms with Crippen molar-refractivity contribution in [1.82, 2.24) is 4.90 Å². The molecule has 8 nitrogen and oxygen atoms in total. The van der Waals surface area contributed by atoms with E-state index in [0.717, 1.165) is 37.7 Å². The van der Waals surface area contributed by atoms with Crippen molar-refractivity contribution in [1.29, 1.82) is 0 Å². The van der Waals surface area contributed by atoms with Crippen LogP contribution in [0.2, 0.25) is 0 Å². The third kappa shape index (κ3) is 7.18. The van der Waals surface area contributed by atoms with Crippen molar-refractivity contribution in [2.75, 3.05) is 62.0 Å². The fourth-order valence-corrected chi connectivity index (χ4v) is 3.41. The molecule has 0 aromatic heterocycles. The molecule has 0 unspecified atom stereocenters. The summed E-state index contributed by atoms with van der Waals surface area (Å²) in [7, 11) is 1.80. The molecule has 0 aliphatic carbocycles. The third-order valence-electron chi connectivity index (χ3n) is 5.24. The highest BCUT2D eigenvalue weighted by molar-refractivity contribution is 5.95. The zero-order valence-corrected chi connectivity index (χ0v) is 18.6. The first kappa shape index (κ1) is 23.4. The lowest BCUT2D eigenvalue weighted by molar-refractivity contribution is -0.119. The van der Waals surface area contributed by atoms with Gasteiger partial charge in [-0.2, -0.15) is 0 Å². The molecule has 1 aliphatic heterocycles. The zero-order valence-electron chi connectivity index (χ0n) is 18.6. The summed E-state index contributed by atoms with van der Waals surface area (Å²) in [6.07, 6.45) is 0.256. The van der Waals surface area contributed by atoms with E-state index >= 15 is 0 Å². The number of morpholine rings is 1. The minimum Gasteiger partial charge on any atom is -0.378 e. The van der Waals surface area contributed by atoms with E-state index in [1.54, 1.807) is 36.2 Å². The molecule has 0 spiro atoms. The monoisotopic (exact) mass is 438 g/mol. The van der Waals surface area contributed by atoms with Gasteiger partial charge in [-0.15, -0.1) is 0 Å². The molecule has 2 aromatic rings. The smallest absolute Gasteiger partial charge is 0.238 e. The lowest BCUT2D eigenvalue weighted by Crippen LogP contribution is -2.36. The number of nitrogens with zero attached hydrogens (tertiary/aromatic N) is 2. The quantitative estimate of drug-likeness (QED) is 0.585. The fourth-order valence-electron chi connectivity index (χ4n) is 3.41. The number of nitrogens with one attached hydrogen (secondary N) is 2. The van der Waals surface area contributed by atoms with E-state index in [1.165, 1.54) is 6.92 Å². The van der Waals surface area contributed by atoms with Crippen LogP contribution >= 0.6 is 0 Å². The molecular formula is C24H30N4O4. The second-order valence-electron chi connectivity index (χ2n) is 7.86. The summed E-state index contributed by atoms with van der Waals surface area (Å²) < 4.78 is 5.37. The first-order valence-electron chi connectivity index (χ1n) is 10.7. The Balaban J connectivity index is 1.38. The largest absolute Gasteiger partial charge is 0.378 e. The number of amides is 2. The van der Waals surface area contributed by atoms with Gasteiger partial charge in [0.2, 0.25) is 11.8 Å². The predicted molar refractivity (Wildman–Crippen MR) is 125 cm³/mol. The van der Waals surface area contributed by atoms with Gasteiger partial charge in [0.05, 0.1) is 19.8 Å². The van der Waals surface area contributed by atoms with Gasteiger partial charge in [0.15, 0.2) is 5.78 Å². The molecule has 2 N–H and O–H groups in total. The standard InChI is InChI=1S/C24H30N4O4/c1-18(29)19-3-5-20(6-4-19)25-23(30)11-12-27(2)17-24(31)26-21-7-9-22(10-8-21)28-13-15-32-16-14-28/h3-10H,11-17H2,1-2H3,(H,25,30)(H,26,31). The van der Waals surface area contributed by atoms with Crippen LogP contribution < -0.4 is 15.5 Å². The highest BCUT2D eigenvalue weighted by Crippen LogP contribution is 2.19. The summed E-state index contributed by atoms with van der Waals surface area (Å²) in [6, 6.07) is 14.6. The van der Waals surface area contributed by atoms with Gasteiger partial charge in [0, 0.05) is 48.7 Å². The maximum absolute atomic E-state index is 12.3. The fraction of sp³-hybridized carbons (Fsp3) is 0.375. The van der Waals surface area contributed by atoms with Crippen molar-refractivity contribution in [3.8, 4) is 0 Å². The second-order valence-corrected chi connectivity index (χ2v) is 7.86. The Labute approximate surface area is 188 Å². The molecule has 1 aliphatic rings. The second kappa shape index (κ2) is 11.4. The number of likely N-dealkylation sites (N-methyl/N-ethyl adjacent to an activating group) is 1. The van der Waals surface area contributed by atoms with Gasteiger partial charge in [-0.1, -0.05) is 0 Å². The van der Waals surface area contributed by atoms with Crippen molar-refractivity contribution in [2.24, 2.45) is 0 Å². The molecule has 0 saturated carbocycles. The van der Waals surface area contributed by atoms with Crippen molar-refractivity contribution in [3.63, 3.8) is 0 Å². The Morgan fingerprint density at radius 2 is 1.47 bits per heavy atom. The molecule has 0 bridgehead atoms. The molecule has 32 heavy (non-hydrogen) atoms. The molecule has 1 saturated heterocycles. The van der Waals surface area contributed by atoms with Gasteiger partial charge in [-0.25, -0.2) is 0 Å². The molecule has 170 valence electrons. The topological polar surface area (TPSA) is 91.0 Å². The number of ketones is 1. The number of benzene rings is 2. The van der Waals surface area contributed by atoms with Crippen molar-refractivity contribution in [3.05, 3.63) is 54.1 Å². The number of Topliss-reactive ketones (excluding diaryl/α,β-unsaturated/α-hetero) is 1. The Morgan fingerprint density at radius 3 is 2.06 bits per heavy atom. The summed E-state index contributed by atoms with van der Waals surface area (Å²) in [4.78, 5) is 39.8. The minimum absolute atomic E-state index is 0.0178. The maximum Gasteiger partial charge on any atom is 0.238 e. The van der Waals surface area contributed by atoms with Crippen LogP contribution in [-0.2, 0) is 14.3 Å². The Morgan fingerprint density at radius 1 is 0.906 bits per heavy atom. The van der Waals surface area contributed by atoms with E-state index < -0.39 is 0 Å². The third-order valence-corrected chi connectivity index (χ3v) is 5.24. The number of carbonyl (C=O) groups is 3. The van der Waals surface area contributed by atoms with Crippen LogP contribution in [0.3, 0.4) is 0 Å². The van der Waals surface area contributed by atoms with E-state index in [1.807, 2.05) is 24.3 Å². The first-order chi connectivity index (χ1) is 15.4. The van der Waals surface area contributed by atoms with Gasteiger partial charge < -0.3 is 20.3 Å². The number of hydrogen-bond acceptors (Lipinski definition) is 6. The molecule has 0 atom stereocenters. The maximum atomic E-state index is 12.3. The van der Waals surface area contributed by atoms with E-state index in [0.29, 0.717) is 17.8 Å². The molecule has 3 rings (SSSR count). The molecule has 0 radical (unpaired) electrons. The van der Waals surface area contributed by atoms with Crippen molar-refractivity contribution in [2.45, 2.75) is 13.3 Å².